The first kappa shape index (κ1) is 9.49. The van der Waals surface area contributed by atoms with Crippen LogP contribution < -0.4 is 5.32 Å². The Morgan fingerprint density at radius 1 is 1.29 bits per heavy atom. The lowest BCUT2D eigenvalue weighted by molar-refractivity contribution is -0.149. The van der Waals surface area contributed by atoms with Gasteiger partial charge in [-0.2, -0.15) is 0 Å². The van der Waals surface area contributed by atoms with Crippen LogP contribution in [0.1, 0.15) is 32.1 Å². The maximum absolute atomic E-state index is 11.4. The van der Waals surface area contributed by atoms with E-state index in [0.29, 0.717) is 12.3 Å². The number of carboxylic acids is 1. The maximum atomic E-state index is 11.4. The zero-order chi connectivity index (χ0) is 10.1. The number of rotatable bonds is 2. The summed E-state index contributed by atoms with van der Waals surface area (Å²) in [7, 11) is 0. The first-order valence-corrected chi connectivity index (χ1v) is 5.21. The molecule has 1 saturated heterocycles. The number of carboxylic acid groups (broad SMARTS) is 1. The first-order chi connectivity index (χ1) is 6.68. The lowest BCUT2D eigenvalue weighted by atomic mass is 9.75. The lowest BCUT2D eigenvalue weighted by Crippen LogP contribution is -2.51. The molecular weight excluding hydrogens is 182 g/mol. The molecule has 4 heteroatoms. The second kappa shape index (κ2) is 3.59. The number of hydrogen-bond donors (Lipinski definition) is 2. The largest absolute Gasteiger partial charge is 0.481 e. The molecule has 0 radical (unpaired) electrons. The van der Waals surface area contributed by atoms with E-state index in [0.717, 1.165) is 6.42 Å². The Bertz CT molecular complexity index is 260. The van der Waals surface area contributed by atoms with Crippen molar-refractivity contribution in [3.8, 4) is 0 Å². The Kier molecular flexibility index (Phi) is 2.44. The highest BCUT2D eigenvalue weighted by Crippen LogP contribution is 2.33. The van der Waals surface area contributed by atoms with E-state index >= 15 is 0 Å². The van der Waals surface area contributed by atoms with Gasteiger partial charge in [0.15, 0.2) is 0 Å². The smallest absolute Gasteiger partial charge is 0.316 e. The molecule has 2 rings (SSSR count). The summed E-state index contributed by atoms with van der Waals surface area (Å²) in [6, 6.07) is 0.242. The monoisotopic (exact) mass is 197 g/mol. The normalized spacial score (nSPS) is 33.3. The van der Waals surface area contributed by atoms with Crippen molar-refractivity contribution in [2.75, 3.05) is 0 Å². The minimum Gasteiger partial charge on any atom is -0.481 e. The SMILES string of the molecule is O=C(O)C1CCC(C2CCC2)NC1=O. The second-order valence-corrected chi connectivity index (χ2v) is 4.27. The van der Waals surface area contributed by atoms with Crippen molar-refractivity contribution < 1.29 is 14.7 Å². The van der Waals surface area contributed by atoms with Crippen molar-refractivity contribution >= 4 is 11.9 Å². The minimum atomic E-state index is -0.991. The Labute approximate surface area is 82.7 Å². The van der Waals surface area contributed by atoms with E-state index in [1.807, 2.05) is 0 Å². The van der Waals surface area contributed by atoms with Crippen molar-refractivity contribution in [3.63, 3.8) is 0 Å². The van der Waals surface area contributed by atoms with E-state index in [4.69, 9.17) is 5.11 Å². The van der Waals surface area contributed by atoms with Gasteiger partial charge in [-0.1, -0.05) is 6.42 Å². The zero-order valence-electron chi connectivity index (χ0n) is 8.03. The molecule has 1 heterocycles. The van der Waals surface area contributed by atoms with E-state index in [2.05, 4.69) is 5.32 Å². The summed E-state index contributed by atoms with van der Waals surface area (Å²) in [5.41, 5.74) is 0. The summed E-state index contributed by atoms with van der Waals surface area (Å²) in [4.78, 5) is 22.1. The highest BCUT2D eigenvalue weighted by atomic mass is 16.4. The Morgan fingerprint density at radius 2 is 2.00 bits per heavy atom. The van der Waals surface area contributed by atoms with Gasteiger partial charge in [0.2, 0.25) is 5.91 Å². The molecule has 4 nitrogen and oxygen atoms in total. The van der Waals surface area contributed by atoms with Gasteiger partial charge in [0, 0.05) is 6.04 Å². The third kappa shape index (κ3) is 1.61. The summed E-state index contributed by atoms with van der Waals surface area (Å²) < 4.78 is 0. The van der Waals surface area contributed by atoms with Crippen LogP contribution in [0, 0.1) is 11.8 Å². The molecule has 0 bridgehead atoms. The second-order valence-electron chi connectivity index (χ2n) is 4.27. The average Bonchev–Trinajstić information content (AvgIpc) is 2.00. The third-order valence-electron chi connectivity index (χ3n) is 3.43. The van der Waals surface area contributed by atoms with Gasteiger partial charge in [-0.3, -0.25) is 9.59 Å². The Hall–Kier alpha value is -1.06. The zero-order valence-corrected chi connectivity index (χ0v) is 8.03. The highest BCUT2D eigenvalue weighted by molar-refractivity contribution is 5.97. The number of hydrogen-bond acceptors (Lipinski definition) is 2. The predicted octanol–water partition coefficient (Wildman–Crippen LogP) is 0.766. The van der Waals surface area contributed by atoms with Gasteiger partial charge < -0.3 is 10.4 Å². The lowest BCUT2D eigenvalue weighted by Gasteiger charge is -2.37. The van der Waals surface area contributed by atoms with Crippen molar-refractivity contribution in [2.45, 2.75) is 38.1 Å². The summed E-state index contributed by atoms with van der Waals surface area (Å²) in [5, 5.41) is 11.6. The van der Waals surface area contributed by atoms with Gasteiger partial charge >= 0.3 is 5.97 Å². The third-order valence-corrected chi connectivity index (χ3v) is 3.43. The van der Waals surface area contributed by atoms with Gasteiger partial charge in [0.05, 0.1) is 0 Å². The molecule has 1 aliphatic heterocycles. The topological polar surface area (TPSA) is 66.4 Å². The van der Waals surface area contributed by atoms with Crippen LogP contribution in [0.3, 0.4) is 0 Å². The molecule has 0 aromatic rings. The number of carbonyl (C=O) groups excluding carboxylic acids is 1. The fourth-order valence-electron chi connectivity index (χ4n) is 2.26. The van der Waals surface area contributed by atoms with Crippen molar-refractivity contribution in [1.82, 2.24) is 5.32 Å². The molecule has 0 spiro atoms. The number of piperidine rings is 1. The standard InChI is InChI=1S/C10H15NO3/c12-9-7(10(13)14)4-5-8(11-9)6-2-1-3-6/h6-8H,1-5H2,(H,11,12)(H,13,14). The molecule has 2 fully saturated rings. The van der Waals surface area contributed by atoms with Gasteiger partial charge in [-0.25, -0.2) is 0 Å². The Morgan fingerprint density at radius 3 is 2.43 bits per heavy atom. The predicted molar refractivity (Wildman–Crippen MR) is 49.6 cm³/mol. The molecule has 1 amide bonds. The average molecular weight is 197 g/mol. The summed E-state index contributed by atoms with van der Waals surface area (Å²) in [5.74, 6) is -1.49. The molecule has 2 atom stereocenters. The van der Waals surface area contributed by atoms with Crippen LogP contribution in [0.25, 0.3) is 0 Å². The number of amides is 1. The van der Waals surface area contributed by atoms with E-state index in [9.17, 15) is 9.59 Å². The Balaban J connectivity index is 1.92. The van der Waals surface area contributed by atoms with Gasteiger partial charge in [0.25, 0.3) is 0 Å². The van der Waals surface area contributed by atoms with Crippen LogP contribution >= 0.6 is 0 Å². The number of nitrogens with one attached hydrogen (secondary N) is 1. The summed E-state index contributed by atoms with van der Waals surface area (Å²) in [6.07, 6.45) is 4.94. The van der Waals surface area contributed by atoms with Crippen LogP contribution in [0.2, 0.25) is 0 Å². The molecule has 2 N–H and O–H groups in total. The fraction of sp³-hybridized carbons (Fsp3) is 0.800. The van der Waals surface area contributed by atoms with Gasteiger partial charge in [-0.05, 0) is 31.6 Å². The van der Waals surface area contributed by atoms with Crippen LogP contribution in [-0.4, -0.2) is 23.0 Å². The molecule has 1 saturated carbocycles. The van der Waals surface area contributed by atoms with E-state index in [-0.39, 0.29) is 11.9 Å². The van der Waals surface area contributed by atoms with Gasteiger partial charge in [-0.15, -0.1) is 0 Å². The molecule has 14 heavy (non-hydrogen) atoms. The van der Waals surface area contributed by atoms with Crippen LogP contribution in [0.5, 0.6) is 0 Å². The summed E-state index contributed by atoms with van der Waals surface area (Å²) >= 11 is 0. The maximum Gasteiger partial charge on any atom is 0.316 e. The quantitative estimate of drug-likeness (QED) is 0.642. The van der Waals surface area contributed by atoms with Crippen LogP contribution in [-0.2, 0) is 9.59 Å². The molecule has 2 unspecified atom stereocenters. The van der Waals surface area contributed by atoms with E-state index in [1.54, 1.807) is 0 Å². The van der Waals surface area contributed by atoms with Crippen molar-refractivity contribution in [2.24, 2.45) is 11.8 Å². The molecule has 0 aromatic heterocycles. The highest BCUT2D eigenvalue weighted by Gasteiger charge is 2.37. The van der Waals surface area contributed by atoms with Crippen LogP contribution in [0.4, 0.5) is 0 Å². The number of aliphatic carboxylic acids is 1. The molecule has 0 aromatic carbocycles. The first-order valence-electron chi connectivity index (χ1n) is 5.21. The fourth-order valence-corrected chi connectivity index (χ4v) is 2.26. The molecule has 2 aliphatic rings. The molecule has 1 aliphatic carbocycles. The van der Waals surface area contributed by atoms with Gasteiger partial charge in [0.1, 0.15) is 5.92 Å². The number of carbonyl (C=O) groups is 2. The van der Waals surface area contributed by atoms with Crippen LogP contribution in [0.15, 0.2) is 0 Å². The minimum absolute atomic E-state index is 0.242. The summed E-state index contributed by atoms with van der Waals surface area (Å²) in [6.45, 7) is 0. The molecular formula is C10H15NO3. The van der Waals surface area contributed by atoms with E-state index in [1.165, 1.54) is 19.3 Å². The van der Waals surface area contributed by atoms with Crippen molar-refractivity contribution in [3.05, 3.63) is 0 Å². The van der Waals surface area contributed by atoms with Crippen molar-refractivity contribution in [1.29, 1.82) is 0 Å². The van der Waals surface area contributed by atoms with E-state index < -0.39 is 11.9 Å². The molecule has 78 valence electrons.